The van der Waals surface area contributed by atoms with Crippen LogP contribution in [0, 0.1) is 0 Å². The summed E-state index contributed by atoms with van der Waals surface area (Å²) >= 11 is 0. The third kappa shape index (κ3) is 5.30. The van der Waals surface area contributed by atoms with Gasteiger partial charge in [0.25, 0.3) is 11.8 Å². The van der Waals surface area contributed by atoms with E-state index in [-0.39, 0.29) is 11.3 Å². The minimum atomic E-state index is -0.586. The van der Waals surface area contributed by atoms with Crippen molar-refractivity contribution < 1.29 is 23.8 Å². The molecule has 144 valence electrons. The lowest BCUT2D eigenvalue weighted by Gasteiger charge is -2.17. The standard InChI is InChI=1S/C18H22N4O5/c1-4-25-14-9-12(10-15(26-5-2)16(14)27-6-3)17(23)21-22-18(24)13-11-19-7-8-20-13/h7-11H,4-6H2,1-3H3,(H,21,23)(H,22,24). The molecule has 27 heavy (non-hydrogen) atoms. The molecule has 0 fully saturated rings. The van der Waals surface area contributed by atoms with E-state index in [4.69, 9.17) is 14.2 Å². The Balaban J connectivity index is 2.20. The van der Waals surface area contributed by atoms with Crippen LogP contribution in [0.4, 0.5) is 0 Å². The second-order valence-electron chi connectivity index (χ2n) is 5.10. The van der Waals surface area contributed by atoms with Gasteiger partial charge in [0.05, 0.1) is 26.0 Å². The van der Waals surface area contributed by atoms with Gasteiger partial charge in [-0.3, -0.25) is 25.4 Å². The summed E-state index contributed by atoms with van der Waals surface area (Å²) in [5.41, 5.74) is 4.93. The van der Waals surface area contributed by atoms with Crippen LogP contribution in [0.25, 0.3) is 0 Å². The number of carbonyl (C=O) groups is 2. The van der Waals surface area contributed by atoms with Crippen molar-refractivity contribution in [3.63, 3.8) is 0 Å². The quantitative estimate of drug-likeness (QED) is 0.677. The Labute approximate surface area is 157 Å². The van der Waals surface area contributed by atoms with Crippen LogP contribution in [0.1, 0.15) is 41.6 Å². The van der Waals surface area contributed by atoms with Crippen molar-refractivity contribution in [1.82, 2.24) is 20.8 Å². The predicted molar refractivity (Wildman–Crippen MR) is 96.9 cm³/mol. The van der Waals surface area contributed by atoms with Crippen LogP contribution in [0.5, 0.6) is 17.2 Å². The maximum absolute atomic E-state index is 12.4. The van der Waals surface area contributed by atoms with Crippen LogP contribution in [-0.2, 0) is 0 Å². The monoisotopic (exact) mass is 374 g/mol. The molecule has 2 amide bonds. The average Bonchev–Trinajstić information content (AvgIpc) is 2.69. The van der Waals surface area contributed by atoms with Crippen LogP contribution in [0.2, 0.25) is 0 Å². The fraction of sp³-hybridized carbons (Fsp3) is 0.333. The number of nitrogens with zero attached hydrogens (tertiary/aromatic N) is 2. The first kappa shape index (κ1) is 20.0. The lowest BCUT2D eigenvalue weighted by Crippen LogP contribution is -2.42. The molecule has 0 spiro atoms. The molecule has 0 aliphatic rings. The molecule has 0 aliphatic carbocycles. The number of amides is 2. The molecule has 0 radical (unpaired) electrons. The SMILES string of the molecule is CCOc1cc(C(=O)NNC(=O)c2cnccn2)cc(OCC)c1OCC. The largest absolute Gasteiger partial charge is 0.490 e. The second kappa shape index (κ2) is 9.95. The Morgan fingerprint density at radius 2 is 1.48 bits per heavy atom. The summed E-state index contributed by atoms with van der Waals surface area (Å²) in [5.74, 6) is 0.0717. The van der Waals surface area contributed by atoms with Gasteiger partial charge in [0.2, 0.25) is 5.75 Å². The molecule has 9 nitrogen and oxygen atoms in total. The number of hydrogen-bond donors (Lipinski definition) is 2. The van der Waals surface area contributed by atoms with Gasteiger partial charge in [-0.1, -0.05) is 0 Å². The van der Waals surface area contributed by atoms with Crippen molar-refractivity contribution in [1.29, 1.82) is 0 Å². The highest BCUT2D eigenvalue weighted by Crippen LogP contribution is 2.39. The highest BCUT2D eigenvalue weighted by Gasteiger charge is 2.19. The van der Waals surface area contributed by atoms with Crippen molar-refractivity contribution in [2.45, 2.75) is 20.8 Å². The second-order valence-corrected chi connectivity index (χ2v) is 5.10. The number of benzene rings is 1. The first-order valence-corrected chi connectivity index (χ1v) is 8.53. The molecule has 2 rings (SSSR count). The number of carbonyl (C=O) groups excluding carboxylic acids is 2. The van der Waals surface area contributed by atoms with Crippen LogP contribution in [0.15, 0.2) is 30.7 Å². The summed E-state index contributed by atoms with van der Waals surface area (Å²) in [4.78, 5) is 32.1. The Morgan fingerprint density at radius 1 is 0.889 bits per heavy atom. The normalized spacial score (nSPS) is 10.0. The number of rotatable bonds is 8. The summed E-state index contributed by atoms with van der Waals surface area (Å²) in [6.07, 6.45) is 4.12. The molecule has 2 aromatic rings. The number of hydrogen-bond acceptors (Lipinski definition) is 7. The summed E-state index contributed by atoms with van der Waals surface area (Å²) < 4.78 is 16.7. The van der Waals surface area contributed by atoms with E-state index in [2.05, 4.69) is 20.8 Å². The number of hydrazine groups is 1. The van der Waals surface area contributed by atoms with Gasteiger partial charge in [-0.2, -0.15) is 0 Å². The molecular formula is C18H22N4O5. The van der Waals surface area contributed by atoms with E-state index in [1.54, 1.807) is 0 Å². The maximum Gasteiger partial charge on any atom is 0.289 e. The van der Waals surface area contributed by atoms with E-state index in [9.17, 15) is 9.59 Å². The molecule has 0 bridgehead atoms. The van der Waals surface area contributed by atoms with Crippen molar-refractivity contribution in [3.8, 4) is 17.2 Å². The molecule has 0 atom stereocenters. The lowest BCUT2D eigenvalue weighted by atomic mass is 10.1. The minimum Gasteiger partial charge on any atom is -0.490 e. The highest BCUT2D eigenvalue weighted by atomic mass is 16.5. The van der Waals surface area contributed by atoms with Gasteiger partial charge < -0.3 is 14.2 Å². The first-order valence-electron chi connectivity index (χ1n) is 8.53. The molecule has 0 unspecified atom stereocenters. The van der Waals surface area contributed by atoms with E-state index in [0.717, 1.165) is 0 Å². The van der Waals surface area contributed by atoms with Gasteiger partial charge in [0.15, 0.2) is 11.5 Å². The molecule has 0 saturated carbocycles. The summed E-state index contributed by atoms with van der Waals surface area (Å²) in [6.45, 7) is 6.68. The van der Waals surface area contributed by atoms with Gasteiger partial charge >= 0.3 is 0 Å². The van der Waals surface area contributed by atoms with E-state index < -0.39 is 11.8 Å². The molecule has 2 N–H and O–H groups in total. The average molecular weight is 374 g/mol. The third-order valence-electron chi connectivity index (χ3n) is 3.26. The highest BCUT2D eigenvalue weighted by molar-refractivity contribution is 5.98. The van der Waals surface area contributed by atoms with E-state index in [1.165, 1.54) is 30.7 Å². The van der Waals surface area contributed by atoms with Crippen molar-refractivity contribution in [2.75, 3.05) is 19.8 Å². The smallest absolute Gasteiger partial charge is 0.289 e. The predicted octanol–water partition coefficient (Wildman–Crippen LogP) is 1.75. The number of ether oxygens (including phenoxy) is 3. The molecule has 0 saturated heterocycles. The van der Waals surface area contributed by atoms with Gasteiger partial charge in [0.1, 0.15) is 5.69 Å². The molecule has 0 aliphatic heterocycles. The topological polar surface area (TPSA) is 112 Å². The van der Waals surface area contributed by atoms with Crippen LogP contribution in [0.3, 0.4) is 0 Å². The number of nitrogens with one attached hydrogen (secondary N) is 2. The van der Waals surface area contributed by atoms with Gasteiger partial charge in [-0.05, 0) is 32.9 Å². The Bertz CT molecular complexity index is 756. The van der Waals surface area contributed by atoms with Crippen molar-refractivity contribution in [3.05, 3.63) is 42.0 Å². The van der Waals surface area contributed by atoms with Crippen LogP contribution >= 0.6 is 0 Å². The zero-order chi connectivity index (χ0) is 19.6. The fourth-order valence-electron chi connectivity index (χ4n) is 2.19. The van der Waals surface area contributed by atoms with E-state index in [1.807, 2.05) is 20.8 Å². The summed E-state index contributed by atoms with van der Waals surface area (Å²) in [5, 5.41) is 0. The number of aromatic nitrogens is 2. The Hall–Kier alpha value is -3.36. The van der Waals surface area contributed by atoms with Gasteiger partial charge in [0, 0.05) is 18.0 Å². The first-order chi connectivity index (χ1) is 13.1. The zero-order valence-corrected chi connectivity index (χ0v) is 15.4. The Kier molecular flexibility index (Phi) is 7.36. The van der Waals surface area contributed by atoms with E-state index in [0.29, 0.717) is 37.1 Å². The molecule has 1 aromatic heterocycles. The molecule has 1 heterocycles. The lowest BCUT2D eigenvalue weighted by molar-refractivity contribution is 0.0843. The molecule has 9 heteroatoms. The summed E-state index contributed by atoms with van der Waals surface area (Å²) in [7, 11) is 0. The molecular weight excluding hydrogens is 352 g/mol. The fourth-order valence-corrected chi connectivity index (χ4v) is 2.19. The van der Waals surface area contributed by atoms with Gasteiger partial charge in [-0.25, -0.2) is 4.98 Å². The van der Waals surface area contributed by atoms with Crippen LogP contribution < -0.4 is 25.1 Å². The summed E-state index contributed by atoms with van der Waals surface area (Å²) in [6, 6.07) is 3.06. The van der Waals surface area contributed by atoms with E-state index >= 15 is 0 Å². The zero-order valence-electron chi connectivity index (χ0n) is 15.4. The van der Waals surface area contributed by atoms with Crippen molar-refractivity contribution in [2.24, 2.45) is 0 Å². The third-order valence-corrected chi connectivity index (χ3v) is 3.26. The maximum atomic E-state index is 12.4. The van der Waals surface area contributed by atoms with Gasteiger partial charge in [-0.15, -0.1) is 0 Å². The van der Waals surface area contributed by atoms with Crippen LogP contribution in [-0.4, -0.2) is 41.6 Å². The molecule has 1 aromatic carbocycles. The van der Waals surface area contributed by atoms with Crippen molar-refractivity contribution >= 4 is 11.8 Å². The Morgan fingerprint density at radius 3 is 2.00 bits per heavy atom. The minimum absolute atomic E-state index is 0.0782.